The fourth-order valence-electron chi connectivity index (χ4n) is 4.29. The number of hydrogen-bond donors (Lipinski definition) is 1. The van der Waals surface area contributed by atoms with Crippen LogP contribution in [-0.4, -0.2) is 38.5 Å². The number of nitrogens with one attached hydrogen (secondary N) is 1. The molecule has 0 saturated heterocycles. The molecule has 0 aromatic heterocycles. The van der Waals surface area contributed by atoms with E-state index in [4.69, 9.17) is 14.2 Å². The maximum Gasteiger partial charge on any atom is 0.336 e. The van der Waals surface area contributed by atoms with Gasteiger partial charge in [-0.1, -0.05) is 19.1 Å². The van der Waals surface area contributed by atoms with Gasteiger partial charge in [-0.25, -0.2) is 4.79 Å². The molecule has 0 bridgehead atoms. The summed E-state index contributed by atoms with van der Waals surface area (Å²) >= 11 is 0. The minimum Gasteiger partial charge on any atom is -0.497 e. The van der Waals surface area contributed by atoms with Gasteiger partial charge in [0, 0.05) is 22.9 Å². The van der Waals surface area contributed by atoms with Crippen molar-refractivity contribution in [2.45, 2.75) is 33.1 Å². The van der Waals surface area contributed by atoms with E-state index in [9.17, 15) is 14.4 Å². The summed E-state index contributed by atoms with van der Waals surface area (Å²) in [6, 6.07) is 7.21. The van der Waals surface area contributed by atoms with E-state index in [1.165, 1.54) is 7.11 Å². The van der Waals surface area contributed by atoms with Gasteiger partial charge in [0.15, 0.2) is 5.78 Å². The largest absolute Gasteiger partial charge is 0.497 e. The van der Waals surface area contributed by atoms with Crippen LogP contribution in [0.15, 0.2) is 46.8 Å². The van der Waals surface area contributed by atoms with Crippen molar-refractivity contribution in [3.63, 3.8) is 0 Å². The summed E-state index contributed by atoms with van der Waals surface area (Å²) in [7, 11) is 2.85. The Morgan fingerprint density at radius 1 is 1.17 bits per heavy atom. The molecule has 1 aliphatic carbocycles. The van der Waals surface area contributed by atoms with E-state index < -0.39 is 23.8 Å². The fourth-order valence-corrected chi connectivity index (χ4v) is 4.29. The number of rotatable bonds is 5. The zero-order valence-corrected chi connectivity index (χ0v) is 17.9. The fraction of sp³-hybridized carbons (Fsp3) is 0.435. The average molecular weight is 413 g/mol. The van der Waals surface area contributed by atoms with E-state index in [1.807, 2.05) is 19.1 Å². The van der Waals surface area contributed by atoms with Crippen molar-refractivity contribution in [2.75, 3.05) is 20.8 Å². The van der Waals surface area contributed by atoms with E-state index in [0.29, 0.717) is 29.0 Å². The molecule has 0 fully saturated rings. The van der Waals surface area contributed by atoms with Crippen LogP contribution >= 0.6 is 0 Å². The van der Waals surface area contributed by atoms with Crippen molar-refractivity contribution in [2.24, 2.45) is 11.8 Å². The summed E-state index contributed by atoms with van der Waals surface area (Å²) in [4.78, 5) is 38.7. The van der Waals surface area contributed by atoms with Crippen LogP contribution in [0.1, 0.15) is 38.7 Å². The Hall–Kier alpha value is -3.09. The minimum absolute atomic E-state index is 0.215. The van der Waals surface area contributed by atoms with Gasteiger partial charge in [0.05, 0.1) is 26.4 Å². The summed E-state index contributed by atoms with van der Waals surface area (Å²) in [5.74, 6) is -2.47. The highest BCUT2D eigenvalue weighted by Crippen LogP contribution is 2.45. The smallest absolute Gasteiger partial charge is 0.336 e. The third kappa shape index (κ3) is 3.72. The lowest BCUT2D eigenvalue weighted by Crippen LogP contribution is -2.43. The highest BCUT2D eigenvalue weighted by molar-refractivity contribution is 6.12. The van der Waals surface area contributed by atoms with Crippen molar-refractivity contribution in [1.82, 2.24) is 5.32 Å². The predicted octanol–water partition coefficient (Wildman–Crippen LogP) is 2.87. The van der Waals surface area contributed by atoms with Gasteiger partial charge in [0.25, 0.3) is 0 Å². The van der Waals surface area contributed by atoms with Gasteiger partial charge in [0.2, 0.25) is 0 Å². The Bertz CT molecular complexity index is 928. The molecule has 0 amide bonds. The van der Waals surface area contributed by atoms with Gasteiger partial charge in [0.1, 0.15) is 11.7 Å². The Balaban J connectivity index is 2.17. The number of allylic oxidation sites excluding steroid dienone is 3. The molecule has 160 valence electrons. The molecular weight excluding hydrogens is 386 g/mol. The molecular formula is C23H27NO6. The Labute approximate surface area is 176 Å². The third-order valence-electron chi connectivity index (χ3n) is 5.69. The van der Waals surface area contributed by atoms with Gasteiger partial charge in [-0.15, -0.1) is 0 Å². The molecule has 3 atom stereocenters. The predicted molar refractivity (Wildman–Crippen MR) is 110 cm³/mol. The van der Waals surface area contributed by atoms with E-state index in [2.05, 4.69) is 5.32 Å². The normalized spacial score (nSPS) is 23.5. The van der Waals surface area contributed by atoms with Crippen molar-refractivity contribution in [3.05, 3.63) is 52.4 Å². The quantitative estimate of drug-likeness (QED) is 0.586. The second-order valence-corrected chi connectivity index (χ2v) is 7.53. The van der Waals surface area contributed by atoms with Gasteiger partial charge < -0.3 is 19.5 Å². The maximum atomic E-state index is 13.5. The molecule has 0 radical (unpaired) electrons. The second kappa shape index (κ2) is 8.73. The van der Waals surface area contributed by atoms with E-state index in [1.54, 1.807) is 33.1 Å². The number of carbonyl (C=O) groups excluding carboxylic acids is 3. The van der Waals surface area contributed by atoms with Crippen LogP contribution in [-0.2, 0) is 23.9 Å². The van der Waals surface area contributed by atoms with Crippen molar-refractivity contribution in [3.8, 4) is 5.75 Å². The molecule has 7 heteroatoms. The Morgan fingerprint density at radius 3 is 2.40 bits per heavy atom. The molecule has 30 heavy (non-hydrogen) atoms. The van der Waals surface area contributed by atoms with E-state index in [0.717, 1.165) is 11.3 Å². The molecule has 1 heterocycles. The number of hydrogen-bond acceptors (Lipinski definition) is 7. The molecule has 0 saturated carbocycles. The lowest BCUT2D eigenvalue weighted by Gasteiger charge is -2.38. The molecule has 1 aromatic rings. The third-order valence-corrected chi connectivity index (χ3v) is 5.69. The van der Waals surface area contributed by atoms with Crippen LogP contribution in [0, 0.1) is 11.8 Å². The molecule has 7 nitrogen and oxygen atoms in total. The van der Waals surface area contributed by atoms with Crippen molar-refractivity contribution < 1.29 is 28.6 Å². The highest BCUT2D eigenvalue weighted by atomic mass is 16.5. The average Bonchev–Trinajstić information content (AvgIpc) is 2.72. The summed E-state index contributed by atoms with van der Waals surface area (Å²) in [5, 5.41) is 3.23. The Morgan fingerprint density at radius 2 is 1.83 bits per heavy atom. The first-order chi connectivity index (χ1) is 14.3. The number of ketones is 1. The highest BCUT2D eigenvalue weighted by Gasteiger charge is 2.47. The summed E-state index contributed by atoms with van der Waals surface area (Å²) in [6.07, 6.45) is 0.501. The summed E-state index contributed by atoms with van der Waals surface area (Å²) in [5.41, 5.74) is 2.91. The monoisotopic (exact) mass is 413 g/mol. The van der Waals surface area contributed by atoms with Gasteiger partial charge >= 0.3 is 11.9 Å². The van der Waals surface area contributed by atoms with E-state index in [-0.39, 0.29) is 18.3 Å². The SMILES string of the molecule is CCOC(=O)C1=C(C)NC2=C(C(=O)[C@@H](C(=O)OC)[C@@H](C)C2)[C@H]1c1ccc(OC)cc1. The molecule has 0 spiro atoms. The first kappa shape index (κ1) is 21.6. The topological polar surface area (TPSA) is 90.9 Å². The van der Waals surface area contributed by atoms with Crippen LogP contribution in [0.4, 0.5) is 0 Å². The van der Waals surface area contributed by atoms with Crippen LogP contribution < -0.4 is 10.1 Å². The molecule has 1 aromatic carbocycles. The summed E-state index contributed by atoms with van der Waals surface area (Å²) < 4.78 is 15.4. The number of methoxy groups -OCH3 is 2. The van der Waals surface area contributed by atoms with Crippen molar-refractivity contribution >= 4 is 17.7 Å². The number of Topliss-reactive ketones (excluding diaryl/α,β-unsaturated/α-hetero) is 1. The maximum absolute atomic E-state index is 13.5. The zero-order valence-electron chi connectivity index (χ0n) is 17.9. The number of carbonyl (C=O) groups is 3. The van der Waals surface area contributed by atoms with Crippen molar-refractivity contribution in [1.29, 1.82) is 0 Å². The molecule has 0 unspecified atom stereocenters. The standard InChI is InChI=1S/C23H27NO6/c1-6-30-23(27)18-13(3)24-16-11-12(2)17(22(26)29-5)21(25)20(16)19(18)14-7-9-15(28-4)10-8-14/h7-10,12,17,19,24H,6,11H2,1-5H3/t12-,17-,19-/m0/s1. The molecule has 3 rings (SSSR count). The number of esters is 2. The molecule has 2 aliphatic rings. The lowest BCUT2D eigenvalue weighted by molar-refractivity contribution is -0.151. The first-order valence-electron chi connectivity index (χ1n) is 9.97. The summed E-state index contributed by atoms with van der Waals surface area (Å²) in [6.45, 7) is 5.60. The van der Waals surface area contributed by atoms with Crippen LogP contribution in [0.5, 0.6) is 5.75 Å². The number of dihydropyridines is 1. The van der Waals surface area contributed by atoms with Gasteiger partial charge in [-0.2, -0.15) is 0 Å². The number of benzene rings is 1. The minimum atomic E-state index is -0.904. The van der Waals surface area contributed by atoms with Gasteiger partial charge in [-0.3, -0.25) is 9.59 Å². The Kier molecular flexibility index (Phi) is 6.29. The van der Waals surface area contributed by atoms with Gasteiger partial charge in [-0.05, 0) is 43.9 Å². The lowest BCUT2D eigenvalue weighted by atomic mass is 9.69. The van der Waals surface area contributed by atoms with Crippen LogP contribution in [0.2, 0.25) is 0 Å². The molecule has 1 aliphatic heterocycles. The first-order valence-corrected chi connectivity index (χ1v) is 9.97. The van der Waals surface area contributed by atoms with E-state index >= 15 is 0 Å². The zero-order chi connectivity index (χ0) is 22.0. The van der Waals surface area contributed by atoms with Crippen LogP contribution in [0.3, 0.4) is 0 Å². The van der Waals surface area contributed by atoms with Crippen LogP contribution in [0.25, 0.3) is 0 Å². The molecule has 1 N–H and O–H groups in total. The second-order valence-electron chi connectivity index (χ2n) is 7.53. The number of ether oxygens (including phenoxy) is 3.